The summed E-state index contributed by atoms with van der Waals surface area (Å²) in [4.78, 5) is 37.9. The highest BCUT2D eigenvalue weighted by Crippen LogP contribution is 2.33. The smallest absolute Gasteiger partial charge is 0.270 e. The van der Waals surface area contributed by atoms with Crippen LogP contribution in [0, 0.1) is 6.92 Å². The zero-order chi connectivity index (χ0) is 23.5. The molecular weight excluding hydrogens is 444 g/mol. The number of carbonyl (C=O) groups is 1. The predicted molar refractivity (Wildman–Crippen MR) is 137 cm³/mol. The zero-order valence-electron chi connectivity index (χ0n) is 18.5. The van der Waals surface area contributed by atoms with Crippen LogP contribution < -0.4 is 10.9 Å². The standard InChI is InChI=1S/C27H22N4O2S/c1-17-25(31-27(34-17)19-7-3-2-4-8-19)18-11-13-20(14-12-18)28-24(32)16-15-23-26(33)30-22-10-6-5-9-21(22)29-23/h2-14H,15-16H2,1H3,(H,28,32)(H,30,33). The fourth-order valence-corrected chi connectivity index (χ4v) is 4.71. The Balaban J connectivity index is 1.24. The topological polar surface area (TPSA) is 87.7 Å². The summed E-state index contributed by atoms with van der Waals surface area (Å²) in [5.41, 5.74) is 5.24. The number of aromatic amines is 1. The summed E-state index contributed by atoms with van der Waals surface area (Å²) < 4.78 is 0. The lowest BCUT2D eigenvalue weighted by molar-refractivity contribution is -0.116. The number of H-pyrrole nitrogens is 1. The first-order valence-corrected chi connectivity index (χ1v) is 11.8. The van der Waals surface area contributed by atoms with E-state index in [1.54, 1.807) is 17.4 Å². The number of benzene rings is 3. The van der Waals surface area contributed by atoms with Crippen LogP contribution in [0.3, 0.4) is 0 Å². The van der Waals surface area contributed by atoms with Crippen molar-refractivity contribution in [3.63, 3.8) is 0 Å². The van der Waals surface area contributed by atoms with Gasteiger partial charge in [0.1, 0.15) is 10.7 Å². The third-order valence-electron chi connectivity index (χ3n) is 5.52. The fourth-order valence-electron chi connectivity index (χ4n) is 3.77. The van der Waals surface area contributed by atoms with Gasteiger partial charge >= 0.3 is 0 Å². The van der Waals surface area contributed by atoms with Crippen LogP contribution in [0.25, 0.3) is 32.9 Å². The van der Waals surface area contributed by atoms with E-state index in [-0.39, 0.29) is 24.3 Å². The largest absolute Gasteiger partial charge is 0.326 e. The number of para-hydroxylation sites is 2. The van der Waals surface area contributed by atoms with Crippen LogP contribution in [0.2, 0.25) is 0 Å². The van der Waals surface area contributed by atoms with Crippen molar-refractivity contribution in [1.82, 2.24) is 15.0 Å². The Labute approximate surface area is 200 Å². The zero-order valence-corrected chi connectivity index (χ0v) is 19.4. The van der Waals surface area contributed by atoms with Crippen molar-refractivity contribution in [3.8, 4) is 21.8 Å². The Kier molecular flexibility index (Phi) is 6.01. The molecular formula is C27H22N4O2S. The molecule has 7 heteroatoms. The van der Waals surface area contributed by atoms with Crippen molar-refractivity contribution < 1.29 is 4.79 Å². The molecule has 6 nitrogen and oxygen atoms in total. The van der Waals surface area contributed by atoms with Crippen LogP contribution in [0.15, 0.2) is 83.7 Å². The fraction of sp³-hybridized carbons (Fsp3) is 0.111. The molecule has 0 atom stereocenters. The van der Waals surface area contributed by atoms with E-state index in [4.69, 9.17) is 4.98 Å². The van der Waals surface area contributed by atoms with Crippen molar-refractivity contribution >= 4 is 34.0 Å². The molecule has 0 fully saturated rings. The molecule has 3 aromatic carbocycles. The Bertz CT molecular complexity index is 1520. The highest BCUT2D eigenvalue weighted by atomic mass is 32.1. The second-order valence-corrected chi connectivity index (χ2v) is 9.15. The summed E-state index contributed by atoms with van der Waals surface area (Å²) in [5, 5.41) is 3.89. The minimum absolute atomic E-state index is 0.168. The van der Waals surface area contributed by atoms with Gasteiger partial charge in [-0.15, -0.1) is 11.3 Å². The van der Waals surface area contributed by atoms with Gasteiger partial charge in [0.15, 0.2) is 0 Å². The van der Waals surface area contributed by atoms with Crippen molar-refractivity contribution in [2.24, 2.45) is 0 Å². The molecule has 0 saturated heterocycles. The minimum Gasteiger partial charge on any atom is -0.326 e. The number of amides is 1. The summed E-state index contributed by atoms with van der Waals surface area (Å²) in [5.74, 6) is -0.168. The third-order valence-corrected chi connectivity index (χ3v) is 6.54. The third kappa shape index (κ3) is 4.65. The highest BCUT2D eigenvalue weighted by molar-refractivity contribution is 7.15. The highest BCUT2D eigenvalue weighted by Gasteiger charge is 2.12. The van der Waals surface area contributed by atoms with E-state index in [1.807, 2.05) is 60.7 Å². The Hall–Kier alpha value is -4.10. The van der Waals surface area contributed by atoms with Crippen molar-refractivity contribution in [3.05, 3.63) is 99.8 Å². The molecule has 0 aliphatic rings. The number of aryl methyl sites for hydroxylation is 2. The lowest BCUT2D eigenvalue weighted by Crippen LogP contribution is -2.19. The minimum atomic E-state index is -0.260. The molecule has 0 saturated carbocycles. The number of hydrogen-bond donors (Lipinski definition) is 2. The maximum atomic E-state index is 12.5. The van der Waals surface area contributed by atoms with E-state index < -0.39 is 0 Å². The first-order valence-electron chi connectivity index (χ1n) is 11.0. The maximum absolute atomic E-state index is 12.5. The van der Waals surface area contributed by atoms with Crippen LogP contribution in [-0.4, -0.2) is 20.9 Å². The molecule has 5 rings (SSSR count). The lowest BCUT2D eigenvalue weighted by atomic mass is 10.1. The normalized spacial score (nSPS) is 11.0. The van der Waals surface area contributed by atoms with Crippen LogP contribution >= 0.6 is 11.3 Å². The molecule has 2 aromatic heterocycles. The number of rotatable bonds is 6. The average molecular weight is 467 g/mol. The molecule has 0 aliphatic heterocycles. The average Bonchev–Trinajstić information content (AvgIpc) is 3.25. The monoisotopic (exact) mass is 466 g/mol. The molecule has 5 aromatic rings. The van der Waals surface area contributed by atoms with Gasteiger partial charge in [0.2, 0.25) is 5.91 Å². The summed E-state index contributed by atoms with van der Waals surface area (Å²) in [6, 6.07) is 25.1. The maximum Gasteiger partial charge on any atom is 0.270 e. The number of fused-ring (bicyclic) bond motifs is 1. The molecule has 0 bridgehead atoms. The molecule has 0 aliphatic carbocycles. The SMILES string of the molecule is Cc1sc(-c2ccccc2)nc1-c1ccc(NC(=O)CCc2nc3ccccc3[nH]c2=O)cc1. The summed E-state index contributed by atoms with van der Waals surface area (Å²) in [7, 11) is 0. The molecule has 2 N–H and O–H groups in total. The molecule has 168 valence electrons. The van der Waals surface area contributed by atoms with Gasteiger partial charge in [-0.25, -0.2) is 9.97 Å². The lowest BCUT2D eigenvalue weighted by Gasteiger charge is -2.07. The van der Waals surface area contributed by atoms with E-state index in [1.165, 1.54) is 0 Å². The number of anilines is 1. The van der Waals surface area contributed by atoms with Crippen LogP contribution in [0.1, 0.15) is 17.0 Å². The summed E-state index contributed by atoms with van der Waals surface area (Å²) in [6.45, 7) is 2.07. The number of nitrogens with one attached hydrogen (secondary N) is 2. The van der Waals surface area contributed by atoms with Crippen molar-refractivity contribution in [1.29, 1.82) is 0 Å². The van der Waals surface area contributed by atoms with E-state index in [0.29, 0.717) is 22.4 Å². The Morgan fingerprint density at radius 2 is 1.65 bits per heavy atom. The van der Waals surface area contributed by atoms with Crippen molar-refractivity contribution in [2.75, 3.05) is 5.32 Å². The number of hydrogen-bond acceptors (Lipinski definition) is 5. The number of nitrogens with zero attached hydrogens (tertiary/aromatic N) is 2. The van der Waals surface area contributed by atoms with Crippen LogP contribution in [-0.2, 0) is 11.2 Å². The predicted octanol–water partition coefficient (Wildman–Crippen LogP) is 5.59. The van der Waals surface area contributed by atoms with Gasteiger partial charge in [0, 0.05) is 34.5 Å². The van der Waals surface area contributed by atoms with Gasteiger partial charge in [-0.1, -0.05) is 54.6 Å². The van der Waals surface area contributed by atoms with E-state index >= 15 is 0 Å². The van der Waals surface area contributed by atoms with E-state index in [9.17, 15) is 9.59 Å². The summed E-state index contributed by atoms with van der Waals surface area (Å²) in [6.07, 6.45) is 0.437. The quantitative estimate of drug-likeness (QED) is 0.341. The van der Waals surface area contributed by atoms with Crippen molar-refractivity contribution in [2.45, 2.75) is 19.8 Å². The van der Waals surface area contributed by atoms with Gasteiger partial charge in [0.25, 0.3) is 5.56 Å². The second-order valence-electron chi connectivity index (χ2n) is 7.95. The Morgan fingerprint density at radius 3 is 2.44 bits per heavy atom. The second kappa shape index (κ2) is 9.41. The van der Waals surface area contributed by atoms with Crippen LogP contribution in [0.5, 0.6) is 0 Å². The van der Waals surface area contributed by atoms with Crippen LogP contribution in [0.4, 0.5) is 5.69 Å². The van der Waals surface area contributed by atoms with Gasteiger partial charge < -0.3 is 10.3 Å². The number of aromatic nitrogens is 3. The first-order chi connectivity index (χ1) is 16.6. The van der Waals surface area contributed by atoms with Gasteiger partial charge in [-0.2, -0.15) is 0 Å². The number of thiazole rings is 1. The van der Waals surface area contributed by atoms with E-state index in [2.05, 4.69) is 34.3 Å². The Morgan fingerprint density at radius 1 is 0.912 bits per heavy atom. The number of carbonyl (C=O) groups excluding carboxylic acids is 1. The summed E-state index contributed by atoms with van der Waals surface area (Å²) >= 11 is 1.67. The molecule has 2 heterocycles. The first kappa shape index (κ1) is 21.7. The van der Waals surface area contributed by atoms with E-state index in [0.717, 1.165) is 26.7 Å². The molecule has 34 heavy (non-hydrogen) atoms. The molecule has 0 unspecified atom stereocenters. The van der Waals surface area contributed by atoms with Gasteiger partial charge in [0.05, 0.1) is 16.7 Å². The molecule has 0 radical (unpaired) electrons. The van der Waals surface area contributed by atoms with Gasteiger partial charge in [-0.3, -0.25) is 9.59 Å². The molecule has 0 spiro atoms. The molecule has 1 amide bonds. The van der Waals surface area contributed by atoms with Gasteiger partial charge in [-0.05, 0) is 31.2 Å².